The minimum Gasteiger partial charge on any atom is -0.387 e. The van der Waals surface area contributed by atoms with Crippen LogP contribution in [0.3, 0.4) is 0 Å². The standard InChI is InChI=1S/C12H18FNO/c1-8(14)11(15)9-6-4-5-7-10(9)12(2,3)13/h4-8,11,15H,14H2,1-3H3. The molecule has 0 aliphatic heterocycles. The predicted molar refractivity (Wildman–Crippen MR) is 59.2 cm³/mol. The average molecular weight is 211 g/mol. The smallest absolute Gasteiger partial charge is 0.130 e. The molecule has 0 aromatic heterocycles. The van der Waals surface area contributed by atoms with Crippen LogP contribution in [0, 0.1) is 0 Å². The highest BCUT2D eigenvalue weighted by Crippen LogP contribution is 2.31. The summed E-state index contributed by atoms with van der Waals surface area (Å²) in [5.41, 5.74) is 5.21. The van der Waals surface area contributed by atoms with E-state index in [2.05, 4.69) is 0 Å². The molecule has 1 aromatic rings. The van der Waals surface area contributed by atoms with E-state index in [-0.39, 0.29) is 0 Å². The van der Waals surface area contributed by atoms with Gasteiger partial charge in [-0.3, -0.25) is 0 Å². The van der Waals surface area contributed by atoms with Gasteiger partial charge in [0, 0.05) is 6.04 Å². The molecule has 2 nitrogen and oxygen atoms in total. The fraction of sp³-hybridized carbons (Fsp3) is 0.500. The maximum Gasteiger partial charge on any atom is 0.130 e. The fourth-order valence-corrected chi connectivity index (χ4v) is 1.58. The number of benzene rings is 1. The Balaban J connectivity index is 3.18. The number of hydrogen-bond acceptors (Lipinski definition) is 2. The van der Waals surface area contributed by atoms with Crippen molar-refractivity contribution in [3.05, 3.63) is 35.4 Å². The van der Waals surface area contributed by atoms with Crippen molar-refractivity contribution >= 4 is 0 Å². The van der Waals surface area contributed by atoms with Gasteiger partial charge in [-0.1, -0.05) is 24.3 Å². The first-order chi connectivity index (χ1) is 6.84. The van der Waals surface area contributed by atoms with E-state index in [0.29, 0.717) is 11.1 Å². The molecule has 0 radical (unpaired) electrons. The van der Waals surface area contributed by atoms with Gasteiger partial charge in [0.05, 0.1) is 6.10 Å². The minimum atomic E-state index is -1.47. The first kappa shape index (κ1) is 12.1. The number of nitrogens with two attached hydrogens (primary N) is 1. The summed E-state index contributed by atoms with van der Waals surface area (Å²) in [4.78, 5) is 0. The highest BCUT2D eigenvalue weighted by molar-refractivity contribution is 5.33. The van der Waals surface area contributed by atoms with Crippen molar-refractivity contribution in [2.45, 2.75) is 38.6 Å². The van der Waals surface area contributed by atoms with E-state index in [1.165, 1.54) is 13.8 Å². The summed E-state index contributed by atoms with van der Waals surface area (Å²) in [5, 5.41) is 9.85. The molecule has 0 heterocycles. The second-order valence-electron chi connectivity index (χ2n) is 4.36. The van der Waals surface area contributed by atoms with Gasteiger partial charge in [0.1, 0.15) is 5.67 Å². The molecule has 84 valence electrons. The number of aliphatic hydroxyl groups excluding tert-OH is 1. The van der Waals surface area contributed by atoms with Gasteiger partial charge in [0.15, 0.2) is 0 Å². The van der Waals surface area contributed by atoms with Gasteiger partial charge in [-0.2, -0.15) is 0 Å². The third kappa shape index (κ3) is 2.76. The van der Waals surface area contributed by atoms with Crippen LogP contribution >= 0.6 is 0 Å². The second kappa shape index (κ2) is 4.29. The maximum atomic E-state index is 13.9. The monoisotopic (exact) mass is 211 g/mol. The van der Waals surface area contributed by atoms with Crippen LogP contribution in [-0.4, -0.2) is 11.1 Å². The molecule has 0 saturated carbocycles. The zero-order chi connectivity index (χ0) is 11.6. The van der Waals surface area contributed by atoms with Gasteiger partial charge in [-0.15, -0.1) is 0 Å². The summed E-state index contributed by atoms with van der Waals surface area (Å²) in [7, 11) is 0. The van der Waals surface area contributed by atoms with Crippen molar-refractivity contribution in [1.82, 2.24) is 0 Å². The normalized spacial score (nSPS) is 16.1. The molecule has 3 N–H and O–H groups in total. The van der Waals surface area contributed by atoms with E-state index in [1.807, 2.05) is 0 Å². The van der Waals surface area contributed by atoms with Crippen LogP contribution < -0.4 is 5.73 Å². The minimum absolute atomic E-state index is 0.409. The fourth-order valence-electron chi connectivity index (χ4n) is 1.58. The summed E-state index contributed by atoms with van der Waals surface area (Å²) in [5.74, 6) is 0. The first-order valence-electron chi connectivity index (χ1n) is 5.06. The third-order valence-corrected chi connectivity index (χ3v) is 2.42. The summed E-state index contributed by atoms with van der Waals surface area (Å²) in [6.45, 7) is 4.64. The van der Waals surface area contributed by atoms with Crippen molar-refractivity contribution in [2.75, 3.05) is 0 Å². The van der Waals surface area contributed by atoms with E-state index < -0.39 is 17.8 Å². The predicted octanol–water partition coefficient (Wildman–Crippen LogP) is 2.27. The lowest BCUT2D eigenvalue weighted by Gasteiger charge is -2.23. The molecule has 0 aliphatic carbocycles. The van der Waals surface area contributed by atoms with E-state index >= 15 is 0 Å². The van der Waals surface area contributed by atoms with E-state index in [1.54, 1.807) is 31.2 Å². The van der Waals surface area contributed by atoms with Crippen LogP contribution in [0.25, 0.3) is 0 Å². The quantitative estimate of drug-likeness (QED) is 0.805. The Morgan fingerprint density at radius 1 is 1.33 bits per heavy atom. The van der Waals surface area contributed by atoms with Crippen molar-refractivity contribution in [3.8, 4) is 0 Å². The molecule has 0 bridgehead atoms. The Hall–Kier alpha value is -0.930. The lowest BCUT2D eigenvalue weighted by Crippen LogP contribution is -2.27. The third-order valence-electron chi connectivity index (χ3n) is 2.42. The van der Waals surface area contributed by atoms with Crippen LogP contribution in [0.1, 0.15) is 38.0 Å². The number of rotatable bonds is 3. The zero-order valence-electron chi connectivity index (χ0n) is 9.37. The highest BCUT2D eigenvalue weighted by Gasteiger charge is 2.26. The molecule has 0 amide bonds. The molecular weight excluding hydrogens is 193 g/mol. The molecule has 0 fully saturated rings. The van der Waals surface area contributed by atoms with Crippen molar-refractivity contribution < 1.29 is 9.50 Å². The molecule has 3 heteroatoms. The van der Waals surface area contributed by atoms with Gasteiger partial charge < -0.3 is 10.8 Å². The Labute approximate surface area is 89.9 Å². The van der Waals surface area contributed by atoms with Crippen molar-refractivity contribution in [2.24, 2.45) is 5.73 Å². The van der Waals surface area contributed by atoms with Gasteiger partial charge in [0.2, 0.25) is 0 Å². The number of alkyl halides is 1. The Morgan fingerprint density at radius 2 is 1.87 bits per heavy atom. The zero-order valence-corrected chi connectivity index (χ0v) is 9.37. The SMILES string of the molecule is CC(N)C(O)c1ccccc1C(C)(C)F. The largest absolute Gasteiger partial charge is 0.387 e. The number of halogens is 1. The van der Waals surface area contributed by atoms with E-state index in [0.717, 1.165) is 0 Å². The van der Waals surface area contributed by atoms with Gasteiger partial charge in [-0.25, -0.2) is 4.39 Å². The van der Waals surface area contributed by atoms with Crippen LogP contribution in [-0.2, 0) is 5.67 Å². The summed E-state index contributed by atoms with van der Waals surface area (Å²) >= 11 is 0. The highest BCUT2D eigenvalue weighted by atomic mass is 19.1. The molecule has 2 unspecified atom stereocenters. The van der Waals surface area contributed by atoms with Crippen LogP contribution in [0.4, 0.5) is 4.39 Å². The van der Waals surface area contributed by atoms with Gasteiger partial charge >= 0.3 is 0 Å². The molecule has 1 rings (SSSR count). The van der Waals surface area contributed by atoms with Crippen LogP contribution in [0.5, 0.6) is 0 Å². The molecular formula is C12H18FNO. The molecule has 0 aliphatic rings. The number of aliphatic hydroxyl groups is 1. The van der Waals surface area contributed by atoms with Gasteiger partial charge in [-0.05, 0) is 31.9 Å². The Kier molecular flexibility index (Phi) is 3.47. The molecule has 0 saturated heterocycles. The van der Waals surface area contributed by atoms with Crippen LogP contribution in [0.2, 0.25) is 0 Å². The van der Waals surface area contributed by atoms with Crippen molar-refractivity contribution in [1.29, 1.82) is 0 Å². The average Bonchev–Trinajstić information content (AvgIpc) is 2.15. The topological polar surface area (TPSA) is 46.2 Å². The van der Waals surface area contributed by atoms with Crippen LogP contribution in [0.15, 0.2) is 24.3 Å². The lowest BCUT2D eigenvalue weighted by atomic mass is 9.90. The van der Waals surface area contributed by atoms with Crippen molar-refractivity contribution in [3.63, 3.8) is 0 Å². The van der Waals surface area contributed by atoms with E-state index in [9.17, 15) is 9.50 Å². The Morgan fingerprint density at radius 3 is 2.33 bits per heavy atom. The Bertz CT molecular complexity index is 331. The lowest BCUT2D eigenvalue weighted by molar-refractivity contribution is 0.143. The summed E-state index contributed by atoms with van der Waals surface area (Å²) in [6.07, 6.45) is -0.823. The number of hydrogen-bond donors (Lipinski definition) is 2. The van der Waals surface area contributed by atoms with Gasteiger partial charge in [0.25, 0.3) is 0 Å². The first-order valence-corrected chi connectivity index (χ1v) is 5.06. The molecule has 1 aromatic carbocycles. The molecule has 2 atom stereocenters. The molecule has 15 heavy (non-hydrogen) atoms. The maximum absolute atomic E-state index is 13.9. The second-order valence-corrected chi connectivity index (χ2v) is 4.36. The molecule has 0 spiro atoms. The summed E-state index contributed by atoms with van der Waals surface area (Å²) < 4.78 is 13.9. The summed E-state index contributed by atoms with van der Waals surface area (Å²) in [6, 6.07) is 6.52. The van der Waals surface area contributed by atoms with E-state index in [4.69, 9.17) is 5.73 Å².